The SMILES string of the molecule is CCOc1ccc(N(CCCC(=O)NCCOc2ccc(Cl)cc2)S(C)(=O)=O)cc1. The van der Waals surface area contributed by atoms with Gasteiger partial charge < -0.3 is 14.8 Å². The van der Waals surface area contributed by atoms with E-state index in [1.807, 2.05) is 6.92 Å². The molecule has 1 N–H and O–H groups in total. The number of benzene rings is 2. The molecule has 0 radical (unpaired) electrons. The predicted octanol–water partition coefficient (Wildman–Crippen LogP) is 3.48. The molecule has 0 saturated carbocycles. The number of nitrogens with one attached hydrogen (secondary N) is 1. The van der Waals surface area contributed by atoms with Crippen LogP contribution in [0.2, 0.25) is 5.02 Å². The highest BCUT2D eigenvalue weighted by molar-refractivity contribution is 7.92. The number of ether oxygens (including phenoxy) is 2. The van der Waals surface area contributed by atoms with Gasteiger partial charge in [-0.2, -0.15) is 0 Å². The fraction of sp³-hybridized carbons (Fsp3) is 0.381. The number of nitrogens with zero attached hydrogens (tertiary/aromatic N) is 1. The van der Waals surface area contributed by atoms with Crippen LogP contribution in [0, 0.1) is 0 Å². The number of hydrogen-bond donors (Lipinski definition) is 1. The molecule has 0 aromatic heterocycles. The summed E-state index contributed by atoms with van der Waals surface area (Å²) in [5, 5.41) is 3.39. The van der Waals surface area contributed by atoms with Crippen LogP contribution in [-0.2, 0) is 14.8 Å². The molecular weight excluding hydrogens is 428 g/mol. The lowest BCUT2D eigenvalue weighted by atomic mass is 10.2. The lowest BCUT2D eigenvalue weighted by molar-refractivity contribution is -0.121. The highest BCUT2D eigenvalue weighted by Gasteiger charge is 2.17. The van der Waals surface area contributed by atoms with E-state index in [2.05, 4.69) is 5.32 Å². The van der Waals surface area contributed by atoms with E-state index < -0.39 is 10.0 Å². The molecule has 1 amide bonds. The second-order valence-electron chi connectivity index (χ2n) is 6.52. The van der Waals surface area contributed by atoms with Crippen LogP contribution < -0.4 is 19.1 Å². The monoisotopic (exact) mass is 454 g/mol. The summed E-state index contributed by atoms with van der Waals surface area (Å²) in [5.41, 5.74) is 0.540. The fourth-order valence-corrected chi connectivity index (χ4v) is 3.81. The van der Waals surface area contributed by atoms with Crippen molar-refractivity contribution in [1.29, 1.82) is 0 Å². The third kappa shape index (κ3) is 8.12. The fourth-order valence-electron chi connectivity index (χ4n) is 2.72. The highest BCUT2D eigenvalue weighted by Crippen LogP contribution is 2.22. The van der Waals surface area contributed by atoms with Gasteiger partial charge in [-0.15, -0.1) is 0 Å². The van der Waals surface area contributed by atoms with Gasteiger partial charge in [-0.25, -0.2) is 8.42 Å². The van der Waals surface area contributed by atoms with Crippen molar-refractivity contribution >= 4 is 33.2 Å². The van der Waals surface area contributed by atoms with Crippen LogP contribution in [0.5, 0.6) is 11.5 Å². The zero-order valence-corrected chi connectivity index (χ0v) is 18.7. The first-order chi connectivity index (χ1) is 14.3. The Labute approximate surface area is 183 Å². The summed E-state index contributed by atoms with van der Waals surface area (Å²) in [4.78, 5) is 12.0. The van der Waals surface area contributed by atoms with Gasteiger partial charge in [-0.05, 0) is 61.9 Å². The Morgan fingerprint density at radius 2 is 1.63 bits per heavy atom. The molecule has 30 heavy (non-hydrogen) atoms. The Morgan fingerprint density at radius 3 is 2.23 bits per heavy atom. The molecule has 0 spiro atoms. The summed E-state index contributed by atoms with van der Waals surface area (Å²) in [6, 6.07) is 13.8. The number of sulfonamides is 1. The van der Waals surface area contributed by atoms with E-state index in [0.717, 1.165) is 6.26 Å². The molecule has 0 bridgehead atoms. The number of carbonyl (C=O) groups is 1. The molecule has 0 heterocycles. The minimum Gasteiger partial charge on any atom is -0.494 e. The third-order valence-electron chi connectivity index (χ3n) is 4.11. The molecule has 9 heteroatoms. The van der Waals surface area contributed by atoms with Crippen LogP contribution in [0.1, 0.15) is 19.8 Å². The van der Waals surface area contributed by atoms with E-state index >= 15 is 0 Å². The molecule has 0 aliphatic carbocycles. The molecule has 2 rings (SSSR count). The molecule has 164 valence electrons. The molecule has 0 unspecified atom stereocenters. The average Bonchev–Trinajstić information content (AvgIpc) is 2.70. The van der Waals surface area contributed by atoms with Crippen LogP contribution >= 0.6 is 11.6 Å². The second kappa shape index (κ2) is 11.7. The van der Waals surface area contributed by atoms with Gasteiger partial charge in [-0.1, -0.05) is 11.6 Å². The minimum absolute atomic E-state index is 0.158. The number of anilines is 1. The smallest absolute Gasteiger partial charge is 0.232 e. The number of amides is 1. The largest absolute Gasteiger partial charge is 0.494 e. The number of carbonyl (C=O) groups excluding carboxylic acids is 1. The third-order valence-corrected chi connectivity index (χ3v) is 5.55. The van der Waals surface area contributed by atoms with Crippen molar-refractivity contribution in [3.8, 4) is 11.5 Å². The van der Waals surface area contributed by atoms with Crippen molar-refractivity contribution in [1.82, 2.24) is 5.32 Å². The van der Waals surface area contributed by atoms with E-state index in [0.29, 0.717) is 48.4 Å². The lowest BCUT2D eigenvalue weighted by Gasteiger charge is -2.22. The Morgan fingerprint density at radius 1 is 1.03 bits per heavy atom. The van der Waals surface area contributed by atoms with Gasteiger partial charge in [0.1, 0.15) is 18.1 Å². The first kappa shape index (κ1) is 23.8. The first-order valence-electron chi connectivity index (χ1n) is 9.65. The molecule has 2 aromatic carbocycles. The summed E-state index contributed by atoms with van der Waals surface area (Å²) < 4.78 is 36.5. The lowest BCUT2D eigenvalue weighted by Crippen LogP contribution is -2.32. The van der Waals surface area contributed by atoms with Crippen LogP contribution in [0.25, 0.3) is 0 Å². The number of halogens is 1. The van der Waals surface area contributed by atoms with Crippen LogP contribution in [0.4, 0.5) is 5.69 Å². The zero-order valence-electron chi connectivity index (χ0n) is 17.1. The van der Waals surface area contributed by atoms with E-state index in [1.54, 1.807) is 48.5 Å². The normalized spacial score (nSPS) is 11.0. The predicted molar refractivity (Wildman–Crippen MR) is 119 cm³/mol. The van der Waals surface area contributed by atoms with Gasteiger partial charge in [0.25, 0.3) is 0 Å². The maximum Gasteiger partial charge on any atom is 0.232 e. The van der Waals surface area contributed by atoms with Gasteiger partial charge in [0, 0.05) is 18.0 Å². The molecule has 0 aliphatic rings. The Kier molecular flexibility index (Phi) is 9.26. The summed E-state index contributed by atoms with van der Waals surface area (Å²) in [5.74, 6) is 1.19. The van der Waals surface area contributed by atoms with Crippen molar-refractivity contribution in [3.63, 3.8) is 0 Å². The van der Waals surface area contributed by atoms with Crippen LogP contribution in [-0.4, -0.2) is 46.9 Å². The second-order valence-corrected chi connectivity index (χ2v) is 8.86. The van der Waals surface area contributed by atoms with E-state index in [9.17, 15) is 13.2 Å². The molecule has 0 aliphatic heterocycles. The summed E-state index contributed by atoms with van der Waals surface area (Å²) in [6.07, 6.45) is 1.76. The van der Waals surface area contributed by atoms with E-state index in [-0.39, 0.29) is 18.9 Å². The molecule has 0 fully saturated rings. The zero-order chi connectivity index (χ0) is 22.0. The van der Waals surface area contributed by atoms with Crippen molar-refractivity contribution < 1.29 is 22.7 Å². The number of hydrogen-bond acceptors (Lipinski definition) is 5. The van der Waals surface area contributed by atoms with Gasteiger partial charge in [0.2, 0.25) is 15.9 Å². The van der Waals surface area contributed by atoms with Crippen molar-refractivity contribution in [2.75, 3.05) is 36.9 Å². The minimum atomic E-state index is -3.46. The Balaban J connectivity index is 1.76. The molecule has 0 saturated heterocycles. The van der Waals surface area contributed by atoms with Gasteiger partial charge in [-0.3, -0.25) is 9.10 Å². The Bertz CT molecular complexity index is 902. The van der Waals surface area contributed by atoms with Gasteiger partial charge >= 0.3 is 0 Å². The van der Waals surface area contributed by atoms with Crippen LogP contribution in [0.15, 0.2) is 48.5 Å². The van der Waals surface area contributed by atoms with Crippen molar-refractivity contribution in [2.45, 2.75) is 19.8 Å². The number of rotatable bonds is 12. The maximum atomic E-state index is 12.2. The highest BCUT2D eigenvalue weighted by atomic mass is 35.5. The topological polar surface area (TPSA) is 84.9 Å². The van der Waals surface area contributed by atoms with E-state index in [4.69, 9.17) is 21.1 Å². The first-order valence-corrected chi connectivity index (χ1v) is 11.9. The summed E-state index contributed by atoms with van der Waals surface area (Å²) in [6.45, 7) is 3.31. The maximum absolute atomic E-state index is 12.2. The summed E-state index contributed by atoms with van der Waals surface area (Å²) >= 11 is 5.81. The molecule has 7 nitrogen and oxygen atoms in total. The van der Waals surface area contributed by atoms with E-state index in [1.165, 1.54) is 4.31 Å². The van der Waals surface area contributed by atoms with Crippen LogP contribution in [0.3, 0.4) is 0 Å². The summed E-state index contributed by atoms with van der Waals surface area (Å²) in [7, 11) is -3.46. The molecule has 2 aromatic rings. The van der Waals surface area contributed by atoms with Crippen molar-refractivity contribution in [3.05, 3.63) is 53.6 Å². The van der Waals surface area contributed by atoms with Gasteiger partial charge in [0.15, 0.2) is 0 Å². The van der Waals surface area contributed by atoms with Crippen molar-refractivity contribution in [2.24, 2.45) is 0 Å². The molecule has 0 atom stereocenters. The average molecular weight is 455 g/mol. The van der Waals surface area contributed by atoms with Gasteiger partial charge in [0.05, 0.1) is 25.1 Å². The molecular formula is C21H27ClN2O5S. The standard InChI is InChI=1S/C21H27ClN2O5S/c1-3-28-19-12-8-18(9-13-19)24(30(2,26)27)15-4-5-21(25)23-14-16-29-20-10-6-17(22)7-11-20/h6-13H,3-5,14-16H2,1-2H3,(H,23,25). The quantitative estimate of drug-likeness (QED) is 0.496. The Hall–Kier alpha value is -2.45.